The molecule has 1 aliphatic rings. The fraction of sp³-hybridized carbons (Fsp3) is 0.444. The number of oxazole rings is 1. The highest BCUT2D eigenvalue weighted by Gasteiger charge is 2.28. The number of urea groups is 1. The van der Waals surface area contributed by atoms with Crippen molar-refractivity contribution in [1.82, 2.24) is 15.2 Å². The van der Waals surface area contributed by atoms with Crippen LogP contribution in [-0.2, 0) is 13.0 Å². The summed E-state index contributed by atoms with van der Waals surface area (Å²) in [6.07, 6.45) is 5.60. The summed E-state index contributed by atoms with van der Waals surface area (Å²) in [6, 6.07) is 10.8. The zero-order valence-electron chi connectivity index (χ0n) is 13.5. The molecule has 5 heteroatoms. The summed E-state index contributed by atoms with van der Waals surface area (Å²) in [5, 5.41) is 2.96. The molecule has 0 saturated carbocycles. The lowest BCUT2D eigenvalue weighted by Gasteiger charge is -2.25. The monoisotopic (exact) mass is 313 g/mol. The van der Waals surface area contributed by atoms with Crippen LogP contribution in [0.4, 0.5) is 4.79 Å². The molecule has 0 radical (unpaired) electrons. The molecule has 2 heterocycles. The Morgan fingerprint density at radius 3 is 2.96 bits per heavy atom. The van der Waals surface area contributed by atoms with Crippen LogP contribution in [0.5, 0.6) is 0 Å². The maximum absolute atomic E-state index is 12.4. The number of amides is 2. The normalized spacial score (nSPS) is 17.4. The first-order valence-corrected chi connectivity index (χ1v) is 8.21. The lowest BCUT2D eigenvalue weighted by molar-refractivity contribution is 0.189. The van der Waals surface area contributed by atoms with E-state index in [-0.39, 0.29) is 6.03 Å². The molecule has 23 heavy (non-hydrogen) atoms. The van der Waals surface area contributed by atoms with Gasteiger partial charge in [-0.05, 0) is 38.2 Å². The minimum absolute atomic E-state index is 0.00274. The predicted octanol–water partition coefficient (Wildman–Crippen LogP) is 3.29. The third-order valence-electron chi connectivity index (χ3n) is 4.50. The summed E-state index contributed by atoms with van der Waals surface area (Å²) in [7, 11) is 0. The Morgan fingerprint density at radius 2 is 2.22 bits per heavy atom. The molecule has 3 rings (SSSR count). The van der Waals surface area contributed by atoms with Crippen molar-refractivity contribution in [1.29, 1.82) is 0 Å². The molecule has 1 aromatic heterocycles. The zero-order valence-corrected chi connectivity index (χ0v) is 13.5. The number of aromatic nitrogens is 1. The Labute approximate surface area is 136 Å². The second-order valence-corrected chi connectivity index (χ2v) is 6.03. The van der Waals surface area contributed by atoms with Gasteiger partial charge in [0.2, 0.25) is 0 Å². The van der Waals surface area contributed by atoms with Crippen LogP contribution in [0.2, 0.25) is 0 Å². The van der Waals surface area contributed by atoms with E-state index >= 15 is 0 Å². The van der Waals surface area contributed by atoms with Crippen LogP contribution in [0.1, 0.15) is 36.3 Å². The van der Waals surface area contributed by atoms with Crippen LogP contribution in [-0.4, -0.2) is 28.5 Å². The number of carbonyl (C=O) groups excluding carboxylic acids is 1. The molecule has 1 atom stereocenters. The van der Waals surface area contributed by atoms with E-state index < -0.39 is 0 Å². The summed E-state index contributed by atoms with van der Waals surface area (Å²) < 4.78 is 5.15. The molecule has 0 bridgehead atoms. The van der Waals surface area contributed by atoms with Gasteiger partial charge in [-0.1, -0.05) is 30.3 Å². The van der Waals surface area contributed by atoms with E-state index in [0.29, 0.717) is 12.6 Å². The smallest absolute Gasteiger partial charge is 0.317 e. The van der Waals surface area contributed by atoms with Crippen LogP contribution in [0.25, 0.3) is 0 Å². The minimum Gasteiger partial charge on any atom is -0.448 e. The van der Waals surface area contributed by atoms with Crippen molar-refractivity contribution in [3.05, 3.63) is 53.7 Å². The Morgan fingerprint density at radius 1 is 1.39 bits per heavy atom. The van der Waals surface area contributed by atoms with Gasteiger partial charge in [0, 0.05) is 12.6 Å². The minimum atomic E-state index is 0.00274. The largest absolute Gasteiger partial charge is 0.448 e. The van der Waals surface area contributed by atoms with E-state index in [1.807, 2.05) is 17.9 Å². The third-order valence-corrected chi connectivity index (χ3v) is 4.50. The van der Waals surface area contributed by atoms with E-state index in [1.54, 1.807) is 0 Å². The molecule has 1 unspecified atom stereocenters. The molecule has 2 amide bonds. The quantitative estimate of drug-likeness (QED) is 0.921. The molecule has 1 aromatic carbocycles. The number of nitrogens with one attached hydrogen (secondary N) is 1. The molecular weight excluding hydrogens is 290 g/mol. The topological polar surface area (TPSA) is 58.4 Å². The Kier molecular flexibility index (Phi) is 4.95. The number of aryl methyl sites for hydroxylation is 2. The maximum Gasteiger partial charge on any atom is 0.317 e. The van der Waals surface area contributed by atoms with E-state index in [1.165, 1.54) is 12.0 Å². The first-order valence-electron chi connectivity index (χ1n) is 8.21. The van der Waals surface area contributed by atoms with E-state index in [0.717, 1.165) is 43.7 Å². The number of nitrogens with zero attached hydrogens (tertiary/aromatic N) is 2. The highest BCUT2D eigenvalue weighted by Crippen LogP contribution is 2.22. The average Bonchev–Trinajstić information content (AvgIpc) is 3.20. The summed E-state index contributed by atoms with van der Waals surface area (Å²) >= 11 is 0. The molecular formula is C18H23N3O2. The van der Waals surface area contributed by atoms with Gasteiger partial charge >= 0.3 is 6.03 Å². The summed E-state index contributed by atoms with van der Waals surface area (Å²) in [6.45, 7) is 3.11. The van der Waals surface area contributed by atoms with Crippen LogP contribution in [0, 0.1) is 6.92 Å². The van der Waals surface area contributed by atoms with Crippen molar-refractivity contribution in [2.45, 2.75) is 45.2 Å². The summed E-state index contributed by atoms with van der Waals surface area (Å²) in [5.41, 5.74) is 2.12. The number of benzene rings is 1. The molecule has 2 aromatic rings. The van der Waals surface area contributed by atoms with E-state index in [9.17, 15) is 4.79 Å². The lowest BCUT2D eigenvalue weighted by Crippen LogP contribution is -2.42. The fourth-order valence-electron chi connectivity index (χ4n) is 3.14. The number of rotatable bonds is 5. The molecule has 1 aliphatic heterocycles. The van der Waals surface area contributed by atoms with Gasteiger partial charge in [0.15, 0.2) is 6.39 Å². The lowest BCUT2D eigenvalue weighted by atomic mass is 10.0. The molecule has 5 nitrogen and oxygen atoms in total. The second-order valence-electron chi connectivity index (χ2n) is 6.03. The van der Waals surface area contributed by atoms with Gasteiger partial charge in [0.05, 0.1) is 6.54 Å². The molecule has 1 saturated heterocycles. The number of carbonyl (C=O) groups is 1. The molecule has 122 valence electrons. The summed E-state index contributed by atoms with van der Waals surface area (Å²) in [4.78, 5) is 18.5. The highest BCUT2D eigenvalue weighted by atomic mass is 16.3. The van der Waals surface area contributed by atoms with Crippen LogP contribution in [0.15, 0.2) is 41.1 Å². The zero-order chi connectivity index (χ0) is 16.1. The number of hydrogen-bond acceptors (Lipinski definition) is 3. The van der Waals surface area contributed by atoms with Crippen LogP contribution in [0.3, 0.4) is 0 Å². The van der Waals surface area contributed by atoms with Crippen molar-refractivity contribution < 1.29 is 9.21 Å². The fourth-order valence-corrected chi connectivity index (χ4v) is 3.14. The molecule has 0 aliphatic carbocycles. The van der Waals surface area contributed by atoms with E-state index in [2.05, 4.69) is 34.6 Å². The predicted molar refractivity (Wildman–Crippen MR) is 88.0 cm³/mol. The number of hydrogen-bond donors (Lipinski definition) is 1. The van der Waals surface area contributed by atoms with Crippen LogP contribution < -0.4 is 5.32 Å². The average molecular weight is 313 g/mol. The molecule has 0 spiro atoms. The van der Waals surface area contributed by atoms with Crippen molar-refractivity contribution in [3.8, 4) is 0 Å². The third kappa shape index (κ3) is 3.92. The maximum atomic E-state index is 12.4. The van der Waals surface area contributed by atoms with Crippen molar-refractivity contribution in [2.75, 3.05) is 6.54 Å². The second kappa shape index (κ2) is 7.31. The van der Waals surface area contributed by atoms with Crippen LogP contribution >= 0.6 is 0 Å². The SMILES string of the molecule is Cc1ocnc1CNC(=O)N1CCCC1CCc1ccccc1. The number of likely N-dealkylation sites (tertiary alicyclic amines) is 1. The summed E-state index contributed by atoms with van der Waals surface area (Å²) in [5.74, 6) is 0.757. The highest BCUT2D eigenvalue weighted by molar-refractivity contribution is 5.74. The van der Waals surface area contributed by atoms with Gasteiger partial charge in [-0.2, -0.15) is 0 Å². The molecule has 1 N–H and O–H groups in total. The van der Waals surface area contributed by atoms with Crippen molar-refractivity contribution >= 4 is 6.03 Å². The van der Waals surface area contributed by atoms with Gasteiger partial charge in [-0.3, -0.25) is 0 Å². The molecule has 1 fully saturated rings. The Bertz CT molecular complexity index is 639. The van der Waals surface area contributed by atoms with Gasteiger partial charge in [0.25, 0.3) is 0 Å². The standard InChI is InChI=1S/C18H23N3O2/c1-14-17(20-13-23-14)12-19-18(22)21-11-5-8-16(21)10-9-15-6-3-2-4-7-15/h2-4,6-7,13,16H,5,8-12H2,1H3,(H,19,22). The first-order chi connectivity index (χ1) is 11.2. The van der Waals surface area contributed by atoms with E-state index in [4.69, 9.17) is 4.42 Å². The first kappa shape index (κ1) is 15.6. The van der Waals surface area contributed by atoms with Gasteiger partial charge in [0.1, 0.15) is 11.5 Å². The van der Waals surface area contributed by atoms with Gasteiger partial charge < -0.3 is 14.6 Å². The Balaban J connectivity index is 1.51. The van der Waals surface area contributed by atoms with Gasteiger partial charge in [-0.25, -0.2) is 9.78 Å². The van der Waals surface area contributed by atoms with Gasteiger partial charge in [-0.15, -0.1) is 0 Å². The van der Waals surface area contributed by atoms with Crippen molar-refractivity contribution in [3.63, 3.8) is 0 Å². The van der Waals surface area contributed by atoms with Crippen molar-refractivity contribution in [2.24, 2.45) is 0 Å². The Hall–Kier alpha value is -2.30.